The number of nitrogens with zero attached hydrogens (tertiary/aromatic N) is 2. The predicted molar refractivity (Wildman–Crippen MR) is 115 cm³/mol. The van der Waals surface area contributed by atoms with Crippen LogP contribution in [0.25, 0.3) is 11.3 Å². The van der Waals surface area contributed by atoms with Gasteiger partial charge in [0, 0.05) is 25.9 Å². The zero-order valence-electron chi connectivity index (χ0n) is 16.9. The highest BCUT2D eigenvalue weighted by atomic mass is 19.1. The average Bonchev–Trinajstić information content (AvgIpc) is 3.46. The Labute approximate surface area is 179 Å². The summed E-state index contributed by atoms with van der Waals surface area (Å²) < 4.78 is 19.5. The molecule has 1 aliphatic heterocycles. The molecule has 0 aliphatic carbocycles. The molecule has 2 aromatic carbocycles. The Morgan fingerprint density at radius 3 is 2.42 bits per heavy atom. The topological polar surface area (TPSA) is 87.5 Å². The van der Waals surface area contributed by atoms with Gasteiger partial charge in [0.25, 0.3) is 0 Å². The molecule has 0 saturated carbocycles. The third kappa shape index (κ3) is 5.09. The lowest BCUT2D eigenvalue weighted by molar-refractivity contribution is -0.116. The van der Waals surface area contributed by atoms with Crippen molar-refractivity contribution >= 4 is 23.3 Å². The number of likely N-dealkylation sites (tertiary alicyclic amines) is 1. The third-order valence-corrected chi connectivity index (χ3v) is 5.09. The minimum Gasteiger partial charge on any atom is -0.441 e. The highest BCUT2D eigenvalue weighted by Gasteiger charge is 2.19. The second-order valence-electron chi connectivity index (χ2n) is 7.32. The molecule has 2 N–H and O–H groups in total. The second kappa shape index (κ2) is 9.42. The van der Waals surface area contributed by atoms with E-state index in [-0.39, 0.29) is 24.8 Å². The van der Waals surface area contributed by atoms with E-state index in [9.17, 15) is 14.0 Å². The van der Waals surface area contributed by atoms with Crippen LogP contribution in [0.15, 0.2) is 59.1 Å². The molecule has 160 valence electrons. The molecule has 1 aliphatic rings. The fraction of sp³-hybridized carbons (Fsp3) is 0.261. The van der Waals surface area contributed by atoms with Crippen LogP contribution in [0.5, 0.6) is 0 Å². The van der Waals surface area contributed by atoms with E-state index in [0.717, 1.165) is 25.9 Å². The number of aryl methyl sites for hydroxylation is 1. The maximum absolute atomic E-state index is 13.9. The number of para-hydroxylation sites is 2. The molecule has 2 heterocycles. The Morgan fingerprint density at radius 2 is 1.68 bits per heavy atom. The number of anilines is 2. The maximum Gasteiger partial charge on any atom is 0.321 e. The quantitative estimate of drug-likeness (QED) is 0.604. The van der Waals surface area contributed by atoms with Crippen LogP contribution in [-0.2, 0) is 11.2 Å². The van der Waals surface area contributed by atoms with Crippen LogP contribution in [0.4, 0.5) is 20.6 Å². The number of carbonyl (C=O) groups is 2. The van der Waals surface area contributed by atoms with E-state index in [2.05, 4.69) is 15.6 Å². The van der Waals surface area contributed by atoms with Crippen molar-refractivity contribution in [3.05, 3.63) is 66.4 Å². The van der Waals surface area contributed by atoms with Gasteiger partial charge in [-0.25, -0.2) is 14.2 Å². The number of oxazole rings is 1. The summed E-state index contributed by atoms with van der Waals surface area (Å²) >= 11 is 0. The predicted octanol–water partition coefficient (Wildman–Crippen LogP) is 4.68. The Hall–Kier alpha value is -3.68. The number of urea groups is 1. The highest BCUT2D eigenvalue weighted by molar-refractivity contribution is 5.99. The van der Waals surface area contributed by atoms with Gasteiger partial charge in [-0.05, 0) is 37.1 Å². The molecule has 3 aromatic rings. The van der Waals surface area contributed by atoms with E-state index in [1.165, 1.54) is 12.3 Å². The van der Waals surface area contributed by atoms with Gasteiger partial charge in [-0.15, -0.1) is 0 Å². The molecule has 0 atom stereocenters. The summed E-state index contributed by atoms with van der Waals surface area (Å²) in [7, 11) is 0. The summed E-state index contributed by atoms with van der Waals surface area (Å²) in [6, 6.07) is 13.2. The van der Waals surface area contributed by atoms with E-state index in [4.69, 9.17) is 4.42 Å². The number of benzene rings is 2. The van der Waals surface area contributed by atoms with Crippen molar-refractivity contribution in [2.45, 2.75) is 25.7 Å². The first kappa shape index (κ1) is 20.6. The number of nitrogens with one attached hydrogen (secondary N) is 2. The molecular formula is C23H23FN4O3. The highest BCUT2D eigenvalue weighted by Crippen LogP contribution is 2.25. The lowest BCUT2D eigenvalue weighted by Gasteiger charge is -2.18. The van der Waals surface area contributed by atoms with Crippen LogP contribution in [0.2, 0.25) is 0 Å². The number of hydrogen-bond acceptors (Lipinski definition) is 4. The minimum absolute atomic E-state index is 0.131. The Kier molecular flexibility index (Phi) is 6.26. The molecule has 3 amide bonds. The van der Waals surface area contributed by atoms with Gasteiger partial charge in [0.1, 0.15) is 5.82 Å². The molecule has 4 rings (SSSR count). The lowest BCUT2D eigenvalue weighted by Crippen LogP contribution is -2.32. The summed E-state index contributed by atoms with van der Waals surface area (Å²) in [6.45, 7) is 1.48. The molecule has 8 heteroatoms. The molecule has 0 bridgehead atoms. The van der Waals surface area contributed by atoms with Crippen molar-refractivity contribution < 1.29 is 18.4 Å². The maximum atomic E-state index is 13.9. The fourth-order valence-electron chi connectivity index (χ4n) is 3.46. The van der Waals surface area contributed by atoms with Gasteiger partial charge in [0.15, 0.2) is 11.7 Å². The zero-order valence-corrected chi connectivity index (χ0v) is 16.9. The van der Waals surface area contributed by atoms with E-state index in [1.807, 2.05) is 0 Å². The van der Waals surface area contributed by atoms with Crippen LogP contribution >= 0.6 is 0 Å². The van der Waals surface area contributed by atoms with Crippen molar-refractivity contribution in [2.24, 2.45) is 0 Å². The first-order valence-corrected chi connectivity index (χ1v) is 10.2. The summed E-state index contributed by atoms with van der Waals surface area (Å²) in [5.41, 5.74) is 1.40. The number of aromatic nitrogens is 1. The molecule has 1 fully saturated rings. The number of rotatable bonds is 6. The number of hydrogen-bond donors (Lipinski definition) is 2. The lowest BCUT2D eigenvalue weighted by atomic mass is 10.2. The van der Waals surface area contributed by atoms with Gasteiger partial charge in [-0.1, -0.05) is 24.3 Å². The monoisotopic (exact) mass is 422 g/mol. The van der Waals surface area contributed by atoms with Crippen molar-refractivity contribution in [2.75, 3.05) is 23.7 Å². The standard InChI is InChI=1S/C23H23FN4O3/c24-17-8-2-1-7-16(17)20-15-25-22(31-20)12-11-21(29)26-18-9-3-4-10-19(18)27-23(30)28-13-5-6-14-28/h1-4,7-10,15H,5-6,11-14H2,(H,26,29)(H,27,30). The van der Waals surface area contributed by atoms with E-state index < -0.39 is 5.82 Å². The Bertz CT molecular complexity index is 1080. The largest absolute Gasteiger partial charge is 0.441 e. The van der Waals surface area contributed by atoms with Crippen molar-refractivity contribution in [3.8, 4) is 11.3 Å². The summed E-state index contributed by atoms with van der Waals surface area (Å²) in [5.74, 6) is 0.0385. The fourth-order valence-corrected chi connectivity index (χ4v) is 3.46. The van der Waals surface area contributed by atoms with Gasteiger partial charge >= 0.3 is 6.03 Å². The van der Waals surface area contributed by atoms with E-state index in [1.54, 1.807) is 47.4 Å². The number of halogens is 1. The smallest absolute Gasteiger partial charge is 0.321 e. The van der Waals surface area contributed by atoms with Crippen molar-refractivity contribution in [1.29, 1.82) is 0 Å². The molecule has 7 nitrogen and oxygen atoms in total. The van der Waals surface area contributed by atoms with Crippen LogP contribution in [-0.4, -0.2) is 34.9 Å². The van der Waals surface area contributed by atoms with Gasteiger partial charge in [0.2, 0.25) is 5.91 Å². The van der Waals surface area contributed by atoms with Gasteiger partial charge in [-0.3, -0.25) is 4.79 Å². The van der Waals surface area contributed by atoms with Crippen LogP contribution < -0.4 is 10.6 Å². The van der Waals surface area contributed by atoms with Crippen LogP contribution in [0, 0.1) is 5.82 Å². The normalized spacial score (nSPS) is 13.3. The van der Waals surface area contributed by atoms with Crippen molar-refractivity contribution in [3.63, 3.8) is 0 Å². The average molecular weight is 422 g/mol. The SMILES string of the molecule is O=C(CCc1ncc(-c2ccccc2F)o1)Nc1ccccc1NC(=O)N1CCCC1. The number of amides is 3. The molecular weight excluding hydrogens is 399 g/mol. The molecule has 0 spiro atoms. The Balaban J connectivity index is 1.34. The third-order valence-electron chi connectivity index (χ3n) is 5.09. The first-order valence-electron chi connectivity index (χ1n) is 10.2. The van der Waals surface area contributed by atoms with Crippen LogP contribution in [0.3, 0.4) is 0 Å². The van der Waals surface area contributed by atoms with Crippen LogP contribution in [0.1, 0.15) is 25.2 Å². The first-order chi connectivity index (χ1) is 15.1. The van der Waals surface area contributed by atoms with Crippen molar-refractivity contribution in [1.82, 2.24) is 9.88 Å². The van der Waals surface area contributed by atoms with E-state index in [0.29, 0.717) is 28.6 Å². The molecule has 0 unspecified atom stereocenters. The summed E-state index contributed by atoms with van der Waals surface area (Å²) in [5, 5.41) is 5.69. The number of carbonyl (C=O) groups excluding carboxylic acids is 2. The van der Waals surface area contributed by atoms with E-state index >= 15 is 0 Å². The second-order valence-corrected chi connectivity index (χ2v) is 7.32. The van der Waals surface area contributed by atoms with Gasteiger partial charge in [0.05, 0.1) is 23.1 Å². The molecule has 0 radical (unpaired) electrons. The minimum atomic E-state index is -0.393. The zero-order chi connectivity index (χ0) is 21.6. The molecule has 1 aromatic heterocycles. The van der Waals surface area contributed by atoms with Gasteiger partial charge < -0.3 is 20.0 Å². The summed E-state index contributed by atoms with van der Waals surface area (Å²) in [6.07, 6.45) is 3.86. The Morgan fingerprint density at radius 1 is 1.00 bits per heavy atom. The van der Waals surface area contributed by atoms with Gasteiger partial charge in [-0.2, -0.15) is 0 Å². The molecule has 1 saturated heterocycles. The summed E-state index contributed by atoms with van der Waals surface area (Å²) in [4.78, 5) is 30.7. The molecule has 31 heavy (non-hydrogen) atoms.